The zero-order chi connectivity index (χ0) is 16.9. The normalized spacial score (nSPS) is 26.0. The van der Waals surface area contributed by atoms with Crippen LogP contribution in [0.4, 0.5) is 4.39 Å². The lowest BCUT2D eigenvalue weighted by molar-refractivity contribution is -0.134. The second-order valence-electron chi connectivity index (χ2n) is 6.75. The van der Waals surface area contributed by atoms with Gasteiger partial charge in [-0.25, -0.2) is 4.39 Å². The summed E-state index contributed by atoms with van der Waals surface area (Å²) < 4.78 is 13.5. The van der Waals surface area contributed by atoms with Crippen LogP contribution in [0.1, 0.15) is 12.0 Å². The number of rotatable bonds is 5. The molecular formula is C18H26FN3O2. The van der Waals surface area contributed by atoms with E-state index in [4.69, 9.17) is 0 Å². The molecule has 1 aromatic rings. The third-order valence-corrected chi connectivity index (χ3v) is 4.97. The Kier molecular flexibility index (Phi) is 5.81. The van der Waals surface area contributed by atoms with Crippen LogP contribution in [0.3, 0.4) is 0 Å². The van der Waals surface area contributed by atoms with E-state index in [0.29, 0.717) is 6.54 Å². The Bertz CT molecular complexity index is 534. The topological polar surface area (TPSA) is 47.0 Å². The Morgan fingerprint density at radius 3 is 2.46 bits per heavy atom. The third kappa shape index (κ3) is 4.32. The van der Waals surface area contributed by atoms with Gasteiger partial charge in [0.1, 0.15) is 6.17 Å². The third-order valence-electron chi connectivity index (χ3n) is 4.97. The number of aliphatic hydroxyl groups excluding tert-OH is 1. The molecule has 5 nitrogen and oxygen atoms in total. The lowest BCUT2D eigenvalue weighted by Crippen LogP contribution is -2.50. The number of nitrogens with zero attached hydrogens (tertiary/aromatic N) is 3. The number of likely N-dealkylation sites (tertiary alicyclic amines) is 1. The van der Waals surface area contributed by atoms with E-state index in [-0.39, 0.29) is 31.5 Å². The molecule has 1 amide bonds. The van der Waals surface area contributed by atoms with Crippen LogP contribution < -0.4 is 0 Å². The molecule has 0 saturated carbocycles. The van der Waals surface area contributed by atoms with E-state index in [0.717, 1.165) is 32.7 Å². The monoisotopic (exact) mass is 335 g/mol. The molecule has 0 unspecified atom stereocenters. The number of amides is 1. The van der Waals surface area contributed by atoms with Gasteiger partial charge in [-0.2, -0.15) is 0 Å². The van der Waals surface area contributed by atoms with E-state index >= 15 is 0 Å². The van der Waals surface area contributed by atoms with Gasteiger partial charge in [0.15, 0.2) is 0 Å². The summed E-state index contributed by atoms with van der Waals surface area (Å²) in [6.45, 7) is 4.77. The fraction of sp³-hybridized carbons (Fsp3) is 0.611. The Morgan fingerprint density at radius 2 is 1.79 bits per heavy atom. The fourth-order valence-corrected chi connectivity index (χ4v) is 3.57. The summed E-state index contributed by atoms with van der Waals surface area (Å²) in [6.07, 6.45) is -0.749. The quantitative estimate of drug-likeness (QED) is 0.862. The molecule has 0 aliphatic carbocycles. The molecule has 6 heteroatoms. The molecule has 24 heavy (non-hydrogen) atoms. The molecule has 2 heterocycles. The zero-order valence-electron chi connectivity index (χ0n) is 14.0. The molecule has 2 aliphatic rings. The van der Waals surface area contributed by atoms with E-state index in [1.54, 1.807) is 0 Å². The summed E-state index contributed by atoms with van der Waals surface area (Å²) in [4.78, 5) is 18.4. The summed E-state index contributed by atoms with van der Waals surface area (Å²) in [7, 11) is 0. The lowest BCUT2D eigenvalue weighted by atomic mass is 10.2. The standard InChI is InChI=1S/C18H26FN3O2/c19-16-10-17(14-23)22(12-16)18(24)13-21-8-6-20(7-9-21)11-15-4-2-1-3-5-15/h1-5,16-17,23H,6-14H2/t16-,17-/m0/s1. The van der Waals surface area contributed by atoms with Crippen molar-refractivity contribution in [2.45, 2.75) is 25.2 Å². The lowest BCUT2D eigenvalue weighted by Gasteiger charge is -2.35. The average Bonchev–Trinajstić information content (AvgIpc) is 2.99. The van der Waals surface area contributed by atoms with Crippen molar-refractivity contribution in [1.82, 2.24) is 14.7 Å². The van der Waals surface area contributed by atoms with Crippen LogP contribution in [0.25, 0.3) is 0 Å². The van der Waals surface area contributed by atoms with E-state index in [1.165, 1.54) is 10.5 Å². The largest absolute Gasteiger partial charge is 0.394 e. The molecule has 0 spiro atoms. The SMILES string of the molecule is O=C(CN1CCN(Cc2ccccc2)CC1)N1C[C@@H](F)C[C@H]1CO. The van der Waals surface area contributed by atoms with Crippen LogP contribution in [0, 0.1) is 0 Å². The molecule has 2 atom stereocenters. The number of piperazine rings is 1. The van der Waals surface area contributed by atoms with Crippen LogP contribution in [0.2, 0.25) is 0 Å². The summed E-state index contributed by atoms with van der Waals surface area (Å²) in [5.41, 5.74) is 1.30. The molecule has 1 aromatic carbocycles. The van der Waals surface area contributed by atoms with Gasteiger partial charge in [-0.3, -0.25) is 14.6 Å². The first-order valence-corrected chi connectivity index (χ1v) is 8.68. The maximum absolute atomic E-state index is 13.5. The van der Waals surface area contributed by atoms with Gasteiger partial charge >= 0.3 is 0 Å². The minimum atomic E-state index is -1.01. The van der Waals surface area contributed by atoms with Crippen molar-refractivity contribution in [3.63, 3.8) is 0 Å². The van der Waals surface area contributed by atoms with E-state index in [2.05, 4.69) is 34.1 Å². The molecule has 1 N–H and O–H groups in total. The smallest absolute Gasteiger partial charge is 0.237 e. The maximum Gasteiger partial charge on any atom is 0.237 e. The van der Waals surface area contributed by atoms with Gasteiger partial charge in [-0.15, -0.1) is 0 Å². The van der Waals surface area contributed by atoms with Crippen LogP contribution in [0.5, 0.6) is 0 Å². The number of halogens is 1. The zero-order valence-corrected chi connectivity index (χ0v) is 14.0. The number of alkyl halides is 1. The number of aliphatic hydroxyl groups is 1. The molecule has 0 aromatic heterocycles. The number of carbonyl (C=O) groups is 1. The molecule has 0 radical (unpaired) electrons. The van der Waals surface area contributed by atoms with E-state index < -0.39 is 6.17 Å². The summed E-state index contributed by atoms with van der Waals surface area (Å²) in [5.74, 6) is -0.0642. The average molecular weight is 335 g/mol. The molecular weight excluding hydrogens is 309 g/mol. The Labute approximate surface area is 142 Å². The van der Waals surface area contributed by atoms with Crippen molar-refractivity contribution in [2.24, 2.45) is 0 Å². The van der Waals surface area contributed by atoms with Crippen LogP contribution in [-0.4, -0.2) is 83.8 Å². The summed E-state index contributed by atoms with van der Waals surface area (Å²) >= 11 is 0. The molecule has 2 fully saturated rings. The van der Waals surface area contributed by atoms with Gasteiger partial charge in [0.05, 0.1) is 25.7 Å². The Balaban J connectivity index is 1.44. The van der Waals surface area contributed by atoms with Crippen molar-refractivity contribution < 1.29 is 14.3 Å². The highest BCUT2D eigenvalue weighted by molar-refractivity contribution is 5.79. The van der Waals surface area contributed by atoms with Gasteiger partial charge in [-0.1, -0.05) is 30.3 Å². The summed E-state index contributed by atoms with van der Waals surface area (Å²) in [5, 5.41) is 9.30. The Hall–Kier alpha value is -1.50. The summed E-state index contributed by atoms with van der Waals surface area (Å²) in [6, 6.07) is 10.0. The van der Waals surface area contributed by atoms with Gasteiger partial charge < -0.3 is 10.0 Å². The number of hydrogen-bond acceptors (Lipinski definition) is 4. The Morgan fingerprint density at radius 1 is 1.12 bits per heavy atom. The minimum absolute atomic E-state index is 0.0642. The van der Waals surface area contributed by atoms with Crippen molar-refractivity contribution >= 4 is 5.91 Å². The van der Waals surface area contributed by atoms with Crippen molar-refractivity contribution in [3.8, 4) is 0 Å². The predicted molar refractivity (Wildman–Crippen MR) is 90.3 cm³/mol. The van der Waals surface area contributed by atoms with Crippen LogP contribution >= 0.6 is 0 Å². The van der Waals surface area contributed by atoms with Crippen LogP contribution in [0.15, 0.2) is 30.3 Å². The highest BCUT2D eigenvalue weighted by Crippen LogP contribution is 2.20. The highest BCUT2D eigenvalue weighted by atomic mass is 19.1. The van der Waals surface area contributed by atoms with Crippen molar-refractivity contribution in [1.29, 1.82) is 0 Å². The fourth-order valence-electron chi connectivity index (χ4n) is 3.57. The predicted octanol–water partition coefficient (Wildman–Crippen LogP) is 0.735. The number of benzene rings is 1. The number of hydrogen-bond donors (Lipinski definition) is 1. The molecule has 0 bridgehead atoms. The van der Waals surface area contributed by atoms with Crippen molar-refractivity contribution in [3.05, 3.63) is 35.9 Å². The maximum atomic E-state index is 13.5. The van der Waals surface area contributed by atoms with Crippen molar-refractivity contribution in [2.75, 3.05) is 45.9 Å². The van der Waals surface area contributed by atoms with Gasteiger partial charge in [0.2, 0.25) is 5.91 Å². The molecule has 2 aliphatic heterocycles. The van der Waals surface area contributed by atoms with Crippen LogP contribution in [-0.2, 0) is 11.3 Å². The highest BCUT2D eigenvalue weighted by Gasteiger charge is 2.35. The molecule has 3 rings (SSSR count). The first-order valence-electron chi connectivity index (χ1n) is 8.68. The first kappa shape index (κ1) is 17.3. The van der Waals surface area contributed by atoms with Gasteiger partial charge in [-0.05, 0) is 5.56 Å². The molecule has 2 saturated heterocycles. The van der Waals surface area contributed by atoms with E-state index in [1.807, 2.05) is 6.07 Å². The van der Waals surface area contributed by atoms with Gasteiger partial charge in [0.25, 0.3) is 0 Å². The van der Waals surface area contributed by atoms with E-state index in [9.17, 15) is 14.3 Å². The second kappa shape index (κ2) is 8.05. The van der Waals surface area contributed by atoms with Gasteiger partial charge in [0, 0.05) is 39.1 Å². The molecule has 132 valence electrons. The first-order chi connectivity index (χ1) is 11.7. The minimum Gasteiger partial charge on any atom is -0.394 e. The second-order valence-corrected chi connectivity index (χ2v) is 6.75. The number of carbonyl (C=O) groups excluding carboxylic acids is 1.